The Morgan fingerprint density at radius 1 is 0.897 bits per heavy atom. The summed E-state index contributed by atoms with van der Waals surface area (Å²) in [7, 11) is 0. The number of aliphatic hydroxyl groups is 1. The van der Waals surface area contributed by atoms with E-state index in [0.29, 0.717) is 17.7 Å². The van der Waals surface area contributed by atoms with Gasteiger partial charge in [0.15, 0.2) is 0 Å². The first kappa shape index (κ1) is 19.9. The molecule has 3 aromatic carbocycles. The standard InChI is InChI=1S/C24H22N2O3/c25-23(28)16-22(27)19-11-13-20(14-12-19)26-24(29)21(18-9-5-2-6-10-18)15-17-7-3-1-4-8-17/h1-14,16,21,27H,15H2,(H2,25,28)(H,26,29). The number of nitrogens with two attached hydrogens (primary N) is 1. The highest BCUT2D eigenvalue weighted by atomic mass is 16.3. The van der Waals surface area contributed by atoms with E-state index < -0.39 is 5.91 Å². The van der Waals surface area contributed by atoms with E-state index in [1.807, 2.05) is 60.7 Å². The topological polar surface area (TPSA) is 92.4 Å². The number of carbonyl (C=O) groups excluding carboxylic acids is 2. The lowest BCUT2D eigenvalue weighted by atomic mass is 9.91. The van der Waals surface area contributed by atoms with Crippen molar-refractivity contribution in [3.8, 4) is 0 Å². The molecule has 5 heteroatoms. The van der Waals surface area contributed by atoms with E-state index in [0.717, 1.165) is 17.2 Å². The number of aliphatic hydroxyl groups excluding tert-OH is 1. The minimum Gasteiger partial charge on any atom is -0.507 e. The number of rotatable bonds is 7. The quantitative estimate of drug-likeness (QED) is 0.423. The van der Waals surface area contributed by atoms with Gasteiger partial charge in [-0.1, -0.05) is 60.7 Å². The molecule has 3 rings (SSSR count). The summed E-state index contributed by atoms with van der Waals surface area (Å²) < 4.78 is 0. The molecule has 146 valence electrons. The number of benzene rings is 3. The molecule has 0 saturated heterocycles. The van der Waals surface area contributed by atoms with E-state index >= 15 is 0 Å². The lowest BCUT2D eigenvalue weighted by molar-refractivity contribution is -0.117. The van der Waals surface area contributed by atoms with Crippen molar-refractivity contribution >= 4 is 23.3 Å². The van der Waals surface area contributed by atoms with Gasteiger partial charge in [0.05, 0.1) is 5.92 Å². The van der Waals surface area contributed by atoms with Crippen molar-refractivity contribution in [3.63, 3.8) is 0 Å². The number of nitrogens with one attached hydrogen (secondary N) is 1. The number of hydrogen-bond donors (Lipinski definition) is 3. The average Bonchev–Trinajstić information content (AvgIpc) is 2.73. The highest BCUT2D eigenvalue weighted by Gasteiger charge is 2.21. The third-order valence-corrected chi connectivity index (χ3v) is 4.53. The molecule has 0 saturated carbocycles. The van der Waals surface area contributed by atoms with Gasteiger partial charge in [0.25, 0.3) is 0 Å². The Labute approximate surface area is 169 Å². The van der Waals surface area contributed by atoms with Crippen LogP contribution >= 0.6 is 0 Å². The van der Waals surface area contributed by atoms with Crippen molar-refractivity contribution in [2.24, 2.45) is 5.73 Å². The van der Waals surface area contributed by atoms with E-state index in [4.69, 9.17) is 5.73 Å². The summed E-state index contributed by atoms with van der Waals surface area (Å²) in [5, 5.41) is 12.8. The van der Waals surface area contributed by atoms with Crippen molar-refractivity contribution in [1.29, 1.82) is 0 Å². The first-order chi connectivity index (χ1) is 14.0. The molecule has 3 aromatic rings. The molecule has 1 atom stereocenters. The third-order valence-electron chi connectivity index (χ3n) is 4.53. The van der Waals surface area contributed by atoms with E-state index in [-0.39, 0.29) is 17.6 Å². The van der Waals surface area contributed by atoms with Crippen LogP contribution in [0.4, 0.5) is 5.69 Å². The van der Waals surface area contributed by atoms with Crippen LogP contribution in [-0.2, 0) is 16.0 Å². The summed E-state index contributed by atoms with van der Waals surface area (Å²) in [6.07, 6.45) is 1.52. The second kappa shape index (κ2) is 9.37. The molecular formula is C24H22N2O3. The highest BCUT2D eigenvalue weighted by Crippen LogP contribution is 2.24. The largest absolute Gasteiger partial charge is 0.507 e. The molecule has 4 N–H and O–H groups in total. The summed E-state index contributed by atoms with van der Waals surface area (Å²) >= 11 is 0. The Kier molecular flexibility index (Phi) is 6.43. The fourth-order valence-electron chi connectivity index (χ4n) is 3.07. The Hall–Kier alpha value is -3.86. The zero-order chi connectivity index (χ0) is 20.6. The maximum Gasteiger partial charge on any atom is 0.245 e. The lowest BCUT2D eigenvalue weighted by Crippen LogP contribution is -2.23. The van der Waals surface area contributed by atoms with Gasteiger partial charge < -0.3 is 16.2 Å². The van der Waals surface area contributed by atoms with Gasteiger partial charge in [-0.2, -0.15) is 0 Å². The molecule has 0 spiro atoms. The second-order valence-corrected chi connectivity index (χ2v) is 6.65. The van der Waals surface area contributed by atoms with Crippen LogP contribution in [0, 0.1) is 0 Å². The molecule has 29 heavy (non-hydrogen) atoms. The average molecular weight is 386 g/mol. The summed E-state index contributed by atoms with van der Waals surface area (Å²) in [4.78, 5) is 23.9. The number of primary amides is 1. The van der Waals surface area contributed by atoms with E-state index in [1.165, 1.54) is 0 Å². The summed E-state index contributed by atoms with van der Waals surface area (Å²) in [6.45, 7) is 0. The molecule has 0 radical (unpaired) electrons. The van der Waals surface area contributed by atoms with E-state index in [1.54, 1.807) is 24.3 Å². The number of anilines is 1. The summed E-state index contributed by atoms with van der Waals surface area (Å²) in [6, 6.07) is 26.1. The minimum atomic E-state index is -0.730. The molecule has 0 heterocycles. The maximum atomic E-state index is 13.0. The van der Waals surface area contributed by atoms with Crippen molar-refractivity contribution < 1.29 is 14.7 Å². The number of hydrogen-bond acceptors (Lipinski definition) is 3. The van der Waals surface area contributed by atoms with Crippen LogP contribution in [0.5, 0.6) is 0 Å². The van der Waals surface area contributed by atoms with Crippen LogP contribution in [-0.4, -0.2) is 16.9 Å². The Morgan fingerprint density at radius 3 is 2.07 bits per heavy atom. The molecule has 0 aliphatic rings. The minimum absolute atomic E-state index is 0.121. The molecule has 2 amide bonds. The molecule has 1 unspecified atom stereocenters. The van der Waals surface area contributed by atoms with E-state index in [9.17, 15) is 14.7 Å². The van der Waals surface area contributed by atoms with Gasteiger partial charge in [-0.15, -0.1) is 0 Å². The Morgan fingerprint density at radius 2 is 1.48 bits per heavy atom. The molecular weight excluding hydrogens is 364 g/mol. The van der Waals surface area contributed by atoms with Crippen LogP contribution in [0.3, 0.4) is 0 Å². The van der Waals surface area contributed by atoms with Gasteiger partial charge >= 0.3 is 0 Å². The van der Waals surface area contributed by atoms with Crippen molar-refractivity contribution in [1.82, 2.24) is 0 Å². The first-order valence-electron chi connectivity index (χ1n) is 9.23. The lowest BCUT2D eigenvalue weighted by Gasteiger charge is -2.18. The number of carbonyl (C=O) groups is 2. The normalized spacial score (nSPS) is 12.2. The fraction of sp³-hybridized carbons (Fsp3) is 0.0833. The third kappa shape index (κ3) is 5.56. The van der Waals surface area contributed by atoms with Crippen molar-refractivity contribution in [2.75, 3.05) is 5.32 Å². The van der Waals surface area contributed by atoms with Crippen molar-refractivity contribution in [2.45, 2.75) is 12.3 Å². The van der Waals surface area contributed by atoms with Gasteiger partial charge in [-0.3, -0.25) is 9.59 Å². The summed E-state index contributed by atoms with van der Waals surface area (Å²) in [5.74, 6) is -1.42. The molecule has 0 aromatic heterocycles. The fourth-order valence-corrected chi connectivity index (χ4v) is 3.07. The van der Waals surface area contributed by atoms with Crippen LogP contribution in [0.25, 0.3) is 5.76 Å². The monoisotopic (exact) mass is 386 g/mol. The zero-order valence-corrected chi connectivity index (χ0v) is 15.8. The molecule has 0 aliphatic carbocycles. The predicted octanol–water partition coefficient (Wildman–Crippen LogP) is 4.04. The molecule has 0 fully saturated rings. The van der Waals surface area contributed by atoms with Crippen LogP contribution < -0.4 is 11.1 Å². The highest BCUT2D eigenvalue weighted by molar-refractivity contribution is 5.96. The van der Waals surface area contributed by atoms with Crippen LogP contribution in [0.2, 0.25) is 0 Å². The van der Waals surface area contributed by atoms with Gasteiger partial charge in [0, 0.05) is 17.3 Å². The Bertz CT molecular complexity index is 997. The number of amides is 2. The van der Waals surface area contributed by atoms with E-state index in [2.05, 4.69) is 5.32 Å². The SMILES string of the molecule is NC(=O)C=C(O)c1ccc(NC(=O)C(Cc2ccccc2)c2ccccc2)cc1. The van der Waals surface area contributed by atoms with Gasteiger partial charge in [0.1, 0.15) is 5.76 Å². The molecule has 0 aliphatic heterocycles. The maximum absolute atomic E-state index is 13.0. The molecule has 5 nitrogen and oxygen atoms in total. The van der Waals surface area contributed by atoms with Gasteiger partial charge in [-0.05, 0) is 41.8 Å². The molecule has 0 bridgehead atoms. The smallest absolute Gasteiger partial charge is 0.245 e. The second-order valence-electron chi connectivity index (χ2n) is 6.65. The zero-order valence-electron chi connectivity index (χ0n) is 15.8. The van der Waals surface area contributed by atoms with Crippen molar-refractivity contribution in [3.05, 3.63) is 108 Å². The van der Waals surface area contributed by atoms with Crippen LogP contribution in [0.15, 0.2) is 91.0 Å². The van der Waals surface area contributed by atoms with Gasteiger partial charge in [0.2, 0.25) is 11.8 Å². The van der Waals surface area contributed by atoms with Gasteiger partial charge in [-0.25, -0.2) is 0 Å². The predicted molar refractivity (Wildman–Crippen MR) is 114 cm³/mol. The Balaban J connectivity index is 1.78. The van der Waals surface area contributed by atoms with Crippen LogP contribution in [0.1, 0.15) is 22.6 Å². The summed E-state index contributed by atoms with van der Waals surface area (Å²) in [5.41, 5.74) is 8.09. The first-order valence-corrected chi connectivity index (χ1v) is 9.23.